The molecule has 24 heavy (non-hydrogen) atoms. The Morgan fingerprint density at radius 1 is 1.21 bits per heavy atom. The number of ether oxygens (including phenoxy) is 2. The first-order valence-electron chi connectivity index (χ1n) is 7.24. The van der Waals surface area contributed by atoms with Gasteiger partial charge in [0, 0.05) is 31.0 Å². The Hall–Kier alpha value is -1.47. The Balaban J connectivity index is 2.63. The van der Waals surface area contributed by atoms with Crippen molar-refractivity contribution < 1.29 is 14.3 Å². The van der Waals surface area contributed by atoms with Crippen molar-refractivity contribution in [2.24, 2.45) is 0 Å². The Labute approximate surface area is 150 Å². The number of benzene rings is 1. The maximum Gasteiger partial charge on any atom is 0.187 e. The monoisotopic (exact) mass is 366 g/mol. The number of carbonyl (C=O) groups excluding carboxylic acids is 1. The zero-order valence-corrected chi connectivity index (χ0v) is 15.5. The molecule has 7 heteroatoms. The van der Waals surface area contributed by atoms with Crippen LogP contribution in [0.15, 0.2) is 35.6 Å². The predicted octanol–water partition coefficient (Wildman–Crippen LogP) is 3.86. The number of Topliss-reactive ketones (excluding diaryl/α,β-unsaturated/α-hetero) is 1. The van der Waals surface area contributed by atoms with Gasteiger partial charge in [-0.25, -0.2) is 9.97 Å². The number of hydrogen-bond acceptors (Lipinski definition) is 6. The molecule has 0 amide bonds. The number of hydrogen-bond donors (Lipinski definition) is 0. The highest BCUT2D eigenvalue weighted by atomic mass is 35.5. The molecular formula is C17H19ClN2O3S. The number of thioether (sulfide) groups is 1. The average molecular weight is 367 g/mol. The minimum absolute atomic E-state index is 0.0321. The molecule has 0 saturated heterocycles. The van der Waals surface area contributed by atoms with Crippen molar-refractivity contribution >= 4 is 29.1 Å². The standard InChI is InChI=1S/C17H19ClN2O3S/c1-10(21)14(11-5-7-12(18)8-6-11)15-13(16(22-2)23-3)9-19-17(20-15)24-4/h5-9,14,16H,1-4H3. The van der Waals surface area contributed by atoms with E-state index < -0.39 is 12.2 Å². The summed E-state index contributed by atoms with van der Waals surface area (Å²) in [6, 6.07) is 7.17. The van der Waals surface area contributed by atoms with Gasteiger partial charge in [-0.3, -0.25) is 4.79 Å². The average Bonchev–Trinajstić information content (AvgIpc) is 2.58. The second-order valence-electron chi connectivity index (χ2n) is 5.10. The van der Waals surface area contributed by atoms with E-state index >= 15 is 0 Å². The molecule has 0 aliphatic carbocycles. The zero-order valence-electron chi connectivity index (χ0n) is 13.9. The predicted molar refractivity (Wildman–Crippen MR) is 94.5 cm³/mol. The smallest absolute Gasteiger partial charge is 0.187 e. The lowest BCUT2D eigenvalue weighted by atomic mass is 9.89. The third-order valence-electron chi connectivity index (χ3n) is 3.57. The molecule has 1 aromatic heterocycles. The summed E-state index contributed by atoms with van der Waals surface area (Å²) in [5.74, 6) is -0.575. The fourth-order valence-corrected chi connectivity index (χ4v) is 2.96. The maximum absolute atomic E-state index is 12.4. The zero-order chi connectivity index (χ0) is 17.7. The molecule has 2 aromatic rings. The SMILES string of the molecule is COC(OC)c1cnc(SC)nc1C(C(C)=O)c1ccc(Cl)cc1. The Morgan fingerprint density at radius 3 is 2.33 bits per heavy atom. The van der Waals surface area contributed by atoms with Gasteiger partial charge >= 0.3 is 0 Å². The van der Waals surface area contributed by atoms with Crippen LogP contribution in [0.25, 0.3) is 0 Å². The quantitative estimate of drug-likeness (QED) is 0.421. The maximum atomic E-state index is 12.4. The number of aromatic nitrogens is 2. The van der Waals surface area contributed by atoms with Crippen LogP contribution in [0.2, 0.25) is 5.02 Å². The highest BCUT2D eigenvalue weighted by molar-refractivity contribution is 7.98. The Bertz CT molecular complexity index is 705. The molecule has 0 N–H and O–H groups in total. The number of ketones is 1. The first-order chi connectivity index (χ1) is 11.5. The second kappa shape index (κ2) is 8.58. The van der Waals surface area contributed by atoms with Crippen LogP contribution in [0.1, 0.15) is 36.0 Å². The van der Waals surface area contributed by atoms with E-state index in [0.29, 0.717) is 21.4 Å². The molecule has 0 aliphatic rings. The summed E-state index contributed by atoms with van der Waals surface area (Å²) >= 11 is 7.37. The van der Waals surface area contributed by atoms with E-state index in [0.717, 1.165) is 5.56 Å². The van der Waals surface area contributed by atoms with Crippen LogP contribution in [0.5, 0.6) is 0 Å². The third-order valence-corrected chi connectivity index (χ3v) is 4.39. The molecule has 1 heterocycles. The highest BCUT2D eigenvalue weighted by Gasteiger charge is 2.28. The first kappa shape index (κ1) is 18.9. The van der Waals surface area contributed by atoms with Crippen molar-refractivity contribution in [1.29, 1.82) is 0 Å². The van der Waals surface area contributed by atoms with Gasteiger partial charge in [-0.1, -0.05) is 35.5 Å². The third kappa shape index (κ3) is 4.13. The van der Waals surface area contributed by atoms with Gasteiger partial charge in [-0.05, 0) is 30.9 Å². The summed E-state index contributed by atoms with van der Waals surface area (Å²) in [4.78, 5) is 21.2. The number of methoxy groups -OCH3 is 2. The second-order valence-corrected chi connectivity index (χ2v) is 6.31. The van der Waals surface area contributed by atoms with E-state index in [1.165, 1.54) is 26.0 Å². The van der Waals surface area contributed by atoms with Crippen molar-refractivity contribution in [3.8, 4) is 0 Å². The fourth-order valence-electron chi connectivity index (χ4n) is 2.49. The van der Waals surface area contributed by atoms with Crippen LogP contribution in [0, 0.1) is 0 Å². The molecule has 1 atom stereocenters. The van der Waals surface area contributed by atoms with Gasteiger partial charge in [0.1, 0.15) is 5.78 Å². The lowest BCUT2D eigenvalue weighted by molar-refractivity contribution is -0.118. The van der Waals surface area contributed by atoms with Gasteiger partial charge in [0.2, 0.25) is 0 Å². The van der Waals surface area contributed by atoms with Crippen LogP contribution in [-0.4, -0.2) is 36.2 Å². The van der Waals surface area contributed by atoms with Crippen molar-refractivity contribution in [1.82, 2.24) is 9.97 Å². The molecule has 1 aromatic carbocycles. The summed E-state index contributed by atoms with van der Waals surface area (Å²) in [6.07, 6.45) is 2.89. The van der Waals surface area contributed by atoms with E-state index in [2.05, 4.69) is 9.97 Å². The lowest BCUT2D eigenvalue weighted by Gasteiger charge is -2.22. The van der Waals surface area contributed by atoms with Crippen LogP contribution >= 0.6 is 23.4 Å². The van der Waals surface area contributed by atoms with E-state index in [1.54, 1.807) is 25.3 Å². The van der Waals surface area contributed by atoms with Gasteiger partial charge in [0.05, 0.1) is 11.6 Å². The topological polar surface area (TPSA) is 61.3 Å². The molecule has 0 spiro atoms. The molecule has 0 bridgehead atoms. The first-order valence-corrected chi connectivity index (χ1v) is 8.84. The molecule has 0 fully saturated rings. The van der Waals surface area contributed by atoms with Gasteiger partial charge in [-0.2, -0.15) is 0 Å². The van der Waals surface area contributed by atoms with Gasteiger partial charge in [-0.15, -0.1) is 0 Å². The Kier molecular flexibility index (Phi) is 6.74. The number of nitrogens with zero attached hydrogens (tertiary/aromatic N) is 2. The molecule has 0 radical (unpaired) electrons. The number of carbonyl (C=O) groups is 1. The molecule has 1 unspecified atom stereocenters. The van der Waals surface area contributed by atoms with Gasteiger partial charge < -0.3 is 9.47 Å². The summed E-state index contributed by atoms with van der Waals surface area (Å²) in [5, 5.41) is 1.19. The molecule has 2 rings (SSSR count). The molecule has 5 nitrogen and oxygen atoms in total. The van der Waals surface area contributed by atoms with E-state index in [4.69, 9.17) is 21.1 Å². The summed E-state index contributed by atoms with van der Waals surface area (Å²) in [6.45, 7) is 1.54. The molecule has 128 valence electrons. The minimum Gasteiger partial charge on any atom is -0.352 e. The van der Waals surface area contributed by atoms with Crippen molar-refractivity contribution in [2.75, 3.05) is 20.5 Å². The van der Waals surface area contributed by atoms with E-state index in [1.807, 2.05) is 18.4 Å². The minimum atomic E-state index is -0.648. The largest absolute Gasteiger partial charge is 0.352 e. The van der Waals surface area contributed by atoms with Crippen LogP contribution in [-0.2, 0) is 14.3 Å². The van der Waals surface area contributed by atoms with Crippen LogP contribution in [0.4, 0.5) is 0 Å². The Morgan fingerprint density at radius 2 is 1.83 bits per heavy atom. The summed E-state index contributed by atoms with van der Waals surface area (Å²) in [7, 11) is 3.07. The normalized spacial score (nSPS) is 12.4. The number of rotatable bonds is 7. The van der Waals surface area contributed by atoms with Crippen molar-refractivity contribution in [3.63, 3.8) is 0 Å². The number of halogens is 1. The van der Waals surface area contributed by atoms with Crippen molar-refractivity contribution in [2.45, 2.75) is 24.3 Å². The van der Waals surface area contributed by atoms with E-state index in [9.17, 15) is 4.79 Å². The van der Waals surface area contributed by atoms with Crippen molar-refractivity contribution in [3.05, 3.63) is 52.3 Å². The van der Waals surface area contributed by atoms with Gasteiger partial charge in [0.15, 0.2) is 11.4 Å². The highest BCUT2D eigenvalue weighted by Crippen LogP contribution is 2.32. The van der Waals surface area contributed by atoms with Gasteiger partial charge in [0.25, 0.3) is 0 Å². The summed E-state index contributed by atoms with van der Waals surface area (Å²) < 4.78 is 10.7. The van der Waals surface area contributed by atoms with Crippen LogP contribution < -0.4 is 0 Å². The fraction of sp³-hybridized carbons (Fsp3) is 0.353. The summed E-state index contributed by atoms with van der Waals surface area (Å²) in [5.41, 5.74) is 2.02. The van der Waals surface area contributed by atoms with Crippen LogP contribution in [0.3, 0.4) is 0 Å². The lowest BCUT2D eigenvalue weighted by Crippen LogP contribution is -2.18. The molecular weight excluding hydrogens is 348 g/mol. The molecule has 0 aliphatic heterocycles. The molecule has 0 saturated carbocycles. The van der Waals surface area contributed by atoms with E-state index in [-0.39, 0.29) is 5.78 Å².